The maximum atomic E-state index is 9.83. The maximum Gasteiger partial charge on any atom is 0.154 e. The largest absolute Gasteiger partial charge is 0.393 e. The normalized spacial score (nSPS) is 19.5. The Hall–Kier alpha value is -3.52. The van der Waals surface area contributed by atoms with E-state index in [-0.39, 0.29) is 12.1 Å². The standard InChI is InChI=1S/C25H27N7O/c33-18-11-15-30(16-12-18)24-8-3-6-20(28-24)22-17-27-23-9-10-25(29-32(22)23)31-14-4-7-21(31)19-5-1-2-13-26-19/h1-3,5-6,8-10,13,17-18,21,33H,4,7,11-12,14-16H2. The molecular formula is C25H27N7O. The van der Waals surface area contributed by atoms with E-state index in [9.17, 15) is 5.11 Å². The monoisotopic (exact) mass is 441 g/mol. The summed E-state index contributed by atoms with van der Waals surface area (Å²) in [6, 6.07) is 16.5. The van der Waals surface area contributed by atoms with Gasteiger partial charge in [0, 0.05) is 25.8 Å². The third-order valence-electron chi connectivity index (χ3n) is 6.71. The fraction of sp³-hybridized carbons (Fsp3) is 0.360. The Morgan fingerprint density at radius 2 is 1.76 bits per heavy atom. The van der Waals surface area contributed by atoms with Crippen LogP contribution in [0.4, 0.5) is 11.6 Å². The number of imidazole rings is 1. The van der Waals surface area contributed by atoms with Gasteiger partial charge in [-0.3, -0.25) is 4.98 Å². The van der Waals surface area contributed by atoms with Gasteiger partial charge in [-0.1, -0.05) is 12.1 Å². The van der Waals surface area contributed by atoms with Gasteiger partial charge in [0.1, 0.15) is 17.3 Å². The van der Waals surface area contributed by atoms with Crippen LogP contribution in [0.5, 0.6) is 0 Å². The van der Waals surface area contributed by atoms with E-state index in [0.717, 1.165) is 79.7 Å². The Kier molecular flexibility index (Phi) is 5.14. The second-order valence-corrected chi connectivity index (χ2v) is 8.81. The van der Waals surface area contributed by atoms with Crippen molar-refractivity contribution >= 4 is 17.3 Å². The number of anilines is 2. The van der Waals surface area contributed by atoms with Crippen LogP contribution in [0.3, 0.4) is 0 Å². The van der Waals surface area contributed by atoms with Crippen molar-refractivity contribution in [2.45, 2.75) is 37.8 Å². The molecule has 1 atom stereocenters. The SMILES string of the molecule is OC1CCN(c2cccc(-c3cnc4ccc(N5CCCC5c5ccccn5)nn34)n2)CC1. The van der Waals surface area contributed by atoms with Gasteiger partial charge in [-0.15, -0.1) is 5.10 Å². The highest BCUT2D eigenvalue weighted by molar-refractivity contribution is 5.62. The summed E-state index contributed by atoms with van der Waals surface area (Å²) in [5, 5.41) is 14.8. The van der Waals surface area contributed by atoms with Crippen LogP contribution in [-0.4, -0.2) is 55.4 Å². The van der Waals surface area contributed by atoms with Crippen molar-refractivity contribution in [3.63, 3.8) is 0 Å². The number of piperidine rings is 1. The first-order chi connectivity index (χ1) is 16.3. The molecule has 0 radical (unpaired) electrons. The summed E-state index contributed by atoms with van der Waals surface area (Å²) in [7, 11) is 0. The van der Waals surface area contributed by atoms with E-state index in [4.69, 9.17) is 10.1 Å². The van der Waals surface area contributed by atoms with Gasteiger partial charge < -0.3 is 14.9 Å². The molecule has 4 aromatic rings. The molecule has 2 aliphatic rings. The molecule has 8 nitrogen and oxygen atoms in total. The number of hydrogen-bond acceptors (Lipinski definition) is 7. The zero-order valence-electron chi connectivity index (χ0n) is 18.5. The Bertz CT molecular complexity index is 1250. The van der Waals surface area contributed by atoms with Crippen LogP contribution >= 0.6 is 0 Å². The minimum Gasteiger partial charge on any atom is -0.393 e. The van der Waals surface area contributed by atoms with Gasteiger partial charge in [0.15, 0.2) is 5.65 Å². The van der Waals surface area contributed by atoms with E-state index in [1.165, 1.54) is 0 Å². The van der Waals surface area contributed by atoms with Gasteiger partial charge >= 0.3 is 0 Å². The predicted octanol–water partition coefficient (Wildman–Crippen LogP) is 3.49. The number of nitrogens with zero attached hydrogens (tertiary/aromatic N) is 7. The summed E-state index contributed by atoms with van der Waals surface area (Å²) in [5.41, 5.74) is 3.61. The summed E-state index contributed by atoms with van der Waals surface area (Å²) < 4.78 is 1.90. The molecule has 2 saturated heterocycles. The fourth-order valence-corrected chi connectivity index (χ4v) is 4.95. The van der Waals surface area contributed by atoms with Crippen molar-refractivity contribution in [2.24, 2.45) is 0 Å². The van der Waals surface area contributed by atoms with Crippen molar-refractivity contribution in [3.05, 3.63) is 66.6 Å². The molecule has 33 heavy (non-hydrogen) atoms. The van der Waals surface area contributed by atoms with E-state index < -0.39 is 0 Å². The number of aliphatic hydroxyl groups is 1. The quantitative estimate of drug-likeness (QED) is 0.519. The molecule has 0 aliphatic carbocycles. The average Bonchev–Trinajstić information content (AvgIpc) is 3.52. The molecule has 2 fully saturated rings. The topological polar surface area (TPSA) is 82.7 Å². The highest BCUT2D eigenvalue weighted by atomic mass is 16.3. The molecule has 0 spiro atoms. The highest BCUT2D eigenvalue weighted by Crippen LogP contribution is 2.34. The van der Waals surface area contributed by atoms with Crippen molar-refractivity contribution in [1.29, 1.82) is 0 Å². The van der Waals surface area contributed by atoms with Crippen LogP contribution in [0.2, 0.25) is 0 Å². The van der Waals surface area contributed by atoms with E-state index in [0.29, 0.717) is 0 Å². The molecule has 4 aromatic heterocycles. The minimum absolute atomic E-state index is 0.202. The van der Waals surface area contributed by atoms with Gasteiger partial charge in [0.2, 0.25) is 0 Å². The van der Waals surface area contributed by atoms with Crippen molar-refractivity contribution in [3.8, 4) is 11.4 Å². The van der Waals surface area contributed by atoms with Crippen LogP contribution in [0.15, 0.2) is 60.9 Å². The lowest BCUT2D eigenvalue weighted by atomic mass is 10.1. The third kappa shape index (κ3) is 3.80. The lowest BCUT2D eigenvalue weighted by Crippen LogP contribution is -2.36. The number of fused-ring (bicyclic) bond motifs is 1. The number of pyridine rings is 2. The van der Waals surface area contributed by atoms with E-state index in [1.54, 1.807) is 0 Å². The molecule has 6 rings (SSSR count). The van der Waals surface area contributed by atoms with E-state index >= 15 is 0 Å². The Morgan fingerprint density at radius 3 is 2.61 bits per heavy atom. The summed E-state index contributed by atoms with van der Waals surface area (Å²) in [6.45, 7) is 2.59. The molecule has 2 aliphatic heterocycles. The van der Waals surface area contributed by atoms with Gasteiger partial charge in [-0.2, -0.15) is 0 Å². The summed E-state index contributed by atoms with van der Waals surface area (Å²) >= 11 is 0. The Balaban J connectivity index is 1.34. The van der Waals surface area contributed by atoms with Crippen LogP contribution < -0.4 is 9.80 Å². The molecule has 168 valence electrons. The molecule has 1 unspecified atom stereocenters. The summed E-state index contributed by atoms with van der Waals surface area (Å²) in [6.07, 6.45) is 7.25. The number of hydrogen-bond donors (Lipinski definition) is 1. The number of rotatable bonds is 4. The van der Waals surface area contributed by atoms with Gasteiger partial charge in [-0.05, 0) is 62.1 Å². The maximum absolute atomic E-state index is 9.83. The number of aliphatic hydroxyl groups excluding tert-OH is 1. The highest BCUT2D eigenvalue weighted by Gasteiger charge is 2.28. The lowest BCUT2D eigenvalue weighted by Gasteiger charge is -2.30. The zero-order chi connectivity index (χ0) is 22.2. The third-order valence-corrected chi connectivity index (χ3v) is 6.71. The van der Waals surface area contributed by atoms with Crippen LogP contribution in [0.1, 0.15) is 37.4 Å². The average molecular weight is 442 g/mol. The molecule has 1 N–H and O–H groups in total. The van der Waals surface area contributed by atoms with Gasteiger partial charge in [0.05, 0.1) is 29.7 Å². The van der Waals surface area contributed by atoms with Crippen molar-refractivity contribution in [1.82, 2.24) is 24.6 Å². The van der Waals surface area contributed by atoms with Crippen molar-refractivity contribution in [2.75, 3.05) is 29.4 Å². The Morgan fingerprint density at radius 1 is 0.848 bits per heavy atom. The molecular weight excluding hydrogens is 414 g/mol. The molecule has 0 saturated carbocycles. The zero-order valence-corrected chi connectivity index (χ0v) is 18.5. The second-order valence-electron chi connectivity index (χ2n) is 8.81. The molecule has 8 heteroatoms. The minimum atomic E-state index is -0.202. The first-order valence-corrected chi connectivity index (χ1v) is 11.7. The van der Waals surface area contributed by atoms with Crippen LogP contribution in [0.25, 0.3) is 17.0 Å². The smallest absolute Gasteiger partial charge is 0.154 e. The lowest BCUT2D eigenvalue weighted by molar-refractivity contribution is 0.145. The molecule has 0 bridgehead atoms. The fourth-order valence-electron chi connectivity index (χ4n) is 4.95. The van der Waals surface area contributed by atoms with Crippen LogP contribution in [0, 0.1) is 0 Å². The van der Waals surface area contributed by atoms with Gasteiger partial charge in [0.25, 0.3) is 0 Å². The number of aromatic nitrogens is 5. The van der Waals surface area contributed by atoms with Gasteiger partial charge in [-0.25, -0.2) is 14.5 Å². The summed E-state index contributed by atoms with van der Waals surface area (Å²) in [4.78, 5) is 18.7. The molecule has 0 aromatic carbocycles. The predicted molar refractivity (Wildman–Crippen MR) is 127 cm³/mol. The summed E-state index contributed by atoms with van der Waals surface area (Å²) in [5.74, 6) is 1.86. The van der Waals surface area contributed by atoms with Crippen LogP contribution in [-0.2, 0) is 0 Å². The second kappa shape index (κ2) is 8.44. The Labute approximate surface area is 192 Å². The van der Waals surface area contributed by atoms with Crippen molar-refractivity contribution < 1.29 is 5.11 Å². The van der Waals surface area contributed by atoms with E-state index in [2.05, 4.69) is 31.9 Å². The van der Waals surface area contributed by atoms with E-state index in [1.807, 2.05) is 53.3 Å². The first-order valence-electron chi connectivity index (χ1n) is 11.7. The first kappa shape index (κ1) is 20.1. The molecule has 0 amide bonds. The molecule has 6 heterocycles.